The van der Waals surface area contributed by atoms with Gasteiger partial charge < -0.3 is 10.1 Å². The van der Waals surface area contributed by atoms with Gasteiger partial charge in [0.05, 0.1) is 5.69 Å². The van der Waals surface area contributed by atoms with Gasteiger partial charge in [0.25, 0.3) is 0 Å². The van der Waals surface area contributed by atoms with Crippen molar-refractivity contribution in [3.63, 3.8) is 0 Å². The average Bonchev–Trinajstić information content (AvgIpc) is 2.44. The predicted octanol–water partition coefficient (Wildman–Crippen LogP) is 4.42. The molecule has 1 N–H and O–H groups in total. The lowest BCUT2D eigenvalue weighted by molar-refractivity contribution is 0.178. The number of halogens is 2. The lowest BCUT2D eigenvalue weighted by Crippen LogP contribution is -2.06. The summed E-state index contributed by atoms with van der Waals surface area (Å²) >= 11 is 12.1. The summed E-state index contributed by atoms with van der Waals surface area (Å²) in [6.07, 6.45) is 1.02. The number of anilines is 1. The number of hydrogen-bond donors (Lipinski definition) is 1. The molecule has 4 nitrogen and oxygen atoms in total. The number of aromatic nitrogens is 2. The number of rotatable bonds is 6. The van der Waals surface area contributed by atoms with Crippen molar-refractivity contribution in [2.45, 2.75) is 20.0 Å². The average molecular weight is 326 g/mol. The van der Waals surface area contributed by atoms with Crippen molar-refractivity contribution >= 4 is 29.0 Å². The predicted molar refractivity (Wildman–Crippen MR) is 87.0 cm³/mol. The fourth-order valence-corrected chi connectivity index (χ4v) is 2.41. The van der Waals surface area contributed by atoms with Gasteiger partial charge in [-0.3, -0.25) is 0 Å². The Kier molecular flexibility index (Phi) is 5.79. The fraction of sp³-hybridized carbons (Fsp3) is 0.333. The van der Waals surface area contributed by atoms with Crippen LogP contribution in [0.2, 0.25) is 10.0 Å². The Morgan fingerprint density at radius 2 is 1.81 bits per heavy atom. The highest BCUT2D eigenvalue weighted by Crippen LogP contribution is 2.27. The third kappa shape index (κ3) is 4.56. The molecule has 0 fully saturated rings. The van der Waals surface area contributed by atoms with E-state index in [9.17, 15) is 0 Å². The number of benzene rings is 1. The number of methoxy groups -OCH3 is 1. The van der Waals surface area contributed by atoms with Gasteiger partial charge in [0.1, 0.15) is 12.4 Å². The second-order valence-corrected chi connectivity index (χ2v) is 5.45. The van der Waals surface area contributed by atoms with E-state index in [1.54, 1.807) is 13.2 Å². The van der Waals surface area contributed by atoms with Gasteiger partial charge in [-0.25, -0.2) is 9.97 Å². The second kappa shape index (κ2) is 7.59. The summed E-state index contributed by atoms with van der Waals surface area (Å²) in [7, 11) is 1.62. The Morgan fingerprint density at radius 1 is 1.10 bits per heavy atom. The molecule has 0 aliphatic carbocycles. The maximum Gasteiger partial charge on any atom is 0.157 e. The zero-order chi connectivity index (χ0) is 15.2. The largest absolute Gasteiger partial charge is 0.377 e. The van der Waals surface area contributed by atoms with E-state index in [0.29, 0.717) is 22.5 Å². The molecule has 0 spiro atoms. The van der Waals surface area contributed by atoms with E-state index in [1.165, 1.54) is 0 Å². The van der Waals surface area contributed by atoms with Crippen LogP contribution in [-0.4, -0.2) is 23.6 Å². The van der Waals surface area contributed by atoms with Crippen molar-refractivity contribution < 1.29 is 4.74 Å². The monoisotopic (exact) mass is 325 g/mol. The highest BCUT2D eigenvalue weighted by Gasteiger charge is 2.08. The van der Waals surface area contributed by atoms with Crippen molar-refractivity contribution in [1.29, 1.82) is 0 Å². The second-order valence-electron chi connectivity index (χ2n) is 4.57. The molecule has 0 radical (unpaired) electrons. The molecule has 2 rings (SSSR count). The van der Waals surface area contributed by atoms with Crippen LogP contribution in [0.4, 0.5) is 5.82 Å². The summed E-state index contributed by atoms with van der Waals surface area (Å²) in [6.45, 7) is 3.30. The summed E-state index contributed by atoms with van der Waals surface area (Å²) < 4.78 is 5.12. The van der Waals surface area contributed by atoms with Crippen LogP contribution in [0.3, 0.4) is 0 Å². The first kappa shape index (κ1) is 16.0. The van der Waals surface area contributed by atoms with E-state index in [1.807, 2.05) is 18.2 Å². The molecule has 21 heavy (non-hydrogen) atoms. The van der Waals surface area contributed by atoms with Crippen molar-refractivity contribution in [1.82, 2.24) is 9.97 Å². The van der Waals surface area contributed by atoms with Gasteiger partial charge in [0, 0.05) is 35.3 Å². The van der Waals surface area contributed by atoms with Crippen LogP contribution in [0, 0.1) is 0 Å². The lowest BCUT2D eigenvalue weighted by Gasteiger charge is -2.10. The summed E-state index contributed by atoms with van der Waals surface area (Å²) in [6, 6.07) is 7.24. The first-order valence-electron chi connectivity index (χ1n) is 6.69. The fourth-order valence-electron chi connectivity index (χ4n) is 1.88. The molecule has 0 saturated carbocycles. The van der Waals surface area contributed by atoms with Crippen LogP contribution in [0.25, 0.3) is 11.3 Å². The molecule has 112 valence electrons. The quantitative estimate of drug-likeness (QED) is 0.854. The molecule has 1 heterocycles. The van der Waals surface area contributed by atoms with E-state index in [0.717, 1.165) is 30.0 Å². The molecule has 0 aliphatic heterocycles. The number of nitrogens with one attached hydrogen (secondary N) is 1. The van der Waals surface area contributed by atoms with Crippen LogP contribution in [0.15, 0.2) is 24.3 Å². The van der Waals surface area contributed by atoms with E-state index in [-0.39, 0.29) is 0 Å². The van der Waals surface area contributed by atoms with Gasteiger partial charge in [0.15, 0.2) is 5.82 Å². The molecule has 6 heteroatoms. The van der Waals surface area contributed by atoms with Crippen molar-refractivity contribution in [2.75, 3.05) is 19.0 Å². The number of nitrogens with zero attached hydrogens (tertiary/aromatic N) is 2. The minimum Gasteiger partial charge on any atom is -0.377 e. The molecule has 2 aromatic rings. The zero-order valence-electron chi connectivity index (χ0n) is 12.0. The first-order chi connectivity index (χ1) is 10.1. The molecule has 0 atom stereocenters. The molecule has 1 aromatic heterocycles. The topological polar surface area (TPSA) is 47.0 Å². The summed E-state index contributed by atoms with van der Waals surface area (Å²) in [4.78, 5) is 8.91. The van der Waals surface area contributed by atoms with Gasteiger partial charge in [-0.15, -0.1) is 0 Å². The maximum absolute atomic E-state index is 6.06. The van der Waals surface area contributed by atoms with Crippen LogP contribution in [0.1, 0.15) is 19.2 Å². The van der Waals surface area contributed by atoms with Crippen LogP contribution in [-0.2, 0) is 11.3 Å². The standard InChI is InChI=1S/C15H17Cl2N3O/c1-3-4-18-14-8-13(19-15(20-14)9-21-2)10-5-11(16)7-12(17)6-10/h5-8H,3-4,9H2,1-2H3,(H,18,19,20). The molecular formula is C15H17Cl2N3O. The van der Waals surface area contributed by atoms with Crippen LogP contribution >= 0.6 is 23.2 Å². The normalized spacial score (nSPS) is 10.7. The lowest BCUT2D eigenvalue weighted by atomic mass is 10.1. The smallest absolute Gasteiger partial charge is 0.157 e. The van der Waals surface area contributed by atoms with Crippen molar-refractivity contribution in [3.05, 3.63) is 40.1 Å². The Morgan fingerprint density at radius 3 is 2.43 bits per heavy atom. The molecular weight excluding hydrogens is 309 g/mol. The molecule has 0 aliphatic rings. The summed E-state index contributed by atoms with van der Waals surface area (Å²) in [5.41, 5.74) is 1.62. The SMILES string of the molecule is CCCNc1cc(-c2cc(Cl)cc(Cl)c2)nc(COC)n1. The third-order valence-electron chi connectivity index (χ3n) is 2.76. The van der Waals surface area contributed by atoms with Gasteiger partial charge in [0.2, 0.25) is 0 Å². The first-order valence-corrected chi connectivity index (χ1v) is 7.45. The Hall–Kier alpha value is -1.36. The molecule has 0 amide bonds. The molecule has 0 saturated heterocycles. The third-order valence-corrected chi connectivity index (χ3v) is 3.20. The van der Waals surface area contributed by atoms with Gasteiger partial charge in [-0.1, -0.05) is 30.1 Å². The van der Waals surface area contributed by atoms with Crippen LogP contribution in [0.5, 0.6) is 0 Å². The van der Waals surface area contributed by atoms with E-state index >= 15 is 0 Å². The number of hydrogen-bond acceptors (Lipinski definition) is 4. The Bertz CT molecular complexity index is 600. The maximum atomic E-state index is 6.06. The molecule has 0 bridgehead atoms. The van der Waals surface area contributed by atoms with E-state index < -0.39 is 0 Å². The minimum absolute atomic E-state index is 0.350. The van der Waals surface area contributed by atoms with Gasteiger partial charge in [-0.05, 0) is 24.6 Å². The Balaban J connectivity index is 2.42. The van der Waals surface area contributed by atoms with Crippen LogP contribution < -0.4 is 5.32 Å². The minimum atomic E-state index is 0.350. The van der Waals surface area contributed by atoms with E-state index in [2.05, 4.69) is 22.2 Å². The zero-order valence-corrected chi connectivity index (χ0v) is 13.5. The highest BCUT2D eigenvalue weighted by atomic mass is 35.5. The molecule has 1 aromatic carbocycles. The van der Waals surface area contributed by atoms with Crippen molar-refractivity contribution in [3.8, 4) is 11.3 Å². The number of ether oxygens (including phenoxy) is 1. The van der Waals surface area contributed by atoms with Crippen molar-refractivity contribution in [2.24, 2.45) is 0 Å². The highest BCUT2D eigenvalue weighted by molar-refractivity contribution is 6.35. The molecule has 0 unspecified atom stereocenters. The summed E-state index contributed by atoms with van der Waals surface area (Å²) in [5, 5.41) is 4.41. The summed E-state index contributed by atoms with van der Waals surface area (Å²) in [5.74, 6) is 1.38. The van der Waals surface area contributed by atoms with Gasteiger partial charge in [-0.2, -0.15) is 0 Å². The van der Waals surface area contributed by atoms with Gasteiger partial charge >= 0.3 is 0 Å². The van der Waals surface area contributed by atoms with E-state index in [4.69, 9.17) is 27.9 Å². The Labute approximate surface area is 134 Å².